The van der Waals surface area contributed by atoms with Gasteiger partial charge in [-0.1, -0.05) is 37.6 Å². The van der Waals surface area contributed by atoms with Crippen LogP contribution in [-0.4, -0.2) is 60.7 Å². The third kappa shape index (κ3) is 6.32. The van der Waals surface area contributed by atoms with E-state index in [0.717, 1.165) is 35.1 Å². The second kappa shape index (κ2) is 13.5. The lowest BCUT2D eigenvalue weighted by molar-refractivity contribution is -0.132. The standard InChI is InChI=1S/C38H44FN5O4/c1-23-7-13-28(23)29-14-15-33(29)48-27-6-4-5-25(19-27)32-22-43(36(45)16-10-24-8-11-26(39)12-9-24)17-18-44(32)38-41-31-21-35(47-3)34(46-2)20-30(31)37(40)42-38/h4-6,8-9,11-12,19-21,23,28-29,32-33H,7,10,13-18,22H2,1-3H3,(H2,40,41,42). The van der Waals surface area contributed by atoms with Crippen molar-refractivity contribution in [1.82, 2.24) is 14.9 Å². The molecule has 2 heterocycles. The maximum atomic E-state index is 13.6. The van der Waals surface area contributed by atoms with Crippen LogP contribution in [-0.2, 0) is 11.2 Å². The Morgan fingerprint density at radius 3 is 2.40 bits per heavy atom. The van der Waals surface area contributed by atoms with Crippen LogP contribution in [0, 0.1) is 23.6 Å². The van der Waals surface area contributed by atoms with E-state index in [1.807, 2.05) is 23.1 Å². The van der Waals surface area contributed by atoms with Crippen molar-refractivity contribution in [2.75, 3.05) is 44.5 Å². The summed E-state index contributed by atoms with van der Waals surface area (Å²) in [5.41, 5.74) is 9.12. The molecule has 2 saturated carbocycles. The number of rotatable bonds is 10. The van der Waals surface area contributed by atoms with E-state index in [9.17, 15) is 9.18 Å². The fourth-order valence-corrected chi connectivity index (χ4v) is 7.62. The first-order valence-corrected chi connectivity index (χ1v) is 17.1. The number of carbonyl (C=O) groups is 1. The minimum Gasteiger partial charge on any atom is -0.493 e. The molecule has 0 bridgehead atoms. The Bertz CT molecular complexity index is 1790. The quantitative estimate of drug-likeness (QED) is 0.205. The highest BCUT2D eigenvalue weighted by Gasteiger charge is 2.44. The molecule has 7 rings (SSSR count). The van der Waals surface area contributed by atoms with Gasteiger partial charge in [0.1, 0.15) is 23.5 Å². The van der Waals surface area contributed by atoms with Gasteiger partial charge in [-0.05, 0) is 84.9 Å². The number of fused-ring (bicyclic) bond motifs is 1. The van der Waals surface area contributed by atoms with Gasteiger partial charge in [-0.25, -0.2) is 9.37 Å². The maximum absolute atomic E-state index is 13.6. The molecule has 2 aliphatic carbocycles. The molecule has 0 spiro atoms. The first kappa shape index (κ1) is 32.0. The molecule has 3 aliphatic rings. The normalized spacial score (nSPS) is 23.7. The molecule has 0 radical (unpaired) electrons. The largest absolute Gasteiger partial charge is 0.493 e. The highest BCUT2D eigenvalue weighted by Crippen LogP contribution is 2.48. The number of nitrogen functional groups attached to an aromatic ring is 1. The smallest absolute Gasteiger partial charge is 0.228 e. The monoisotopic (exact) mass is 653 g/mol. The number of anilines is 2. The number of aromatic nitrogens is 2. The van der Waals surface area contributed by atoms with Gasteiger partial charge >= 0.3 is 0 Å². The van der Waals surface area contributed by atoms with E-state index >= 15 is 0 Å². The third-order valence-corrected chi connectivity index (χ3v) is 10.8. The van der Waals surface area contributed by atoms with Gasteiger partial charge in [0, 0.05) is 37.5 Å². The van der Waals surface area contributed by atoms with E-state index in [2.05, 4.69) is 24.0 Å². The fourth-order valence-electron chi connectivity index (χ4n) is 7.62. The van der Waals surface area contributed by atoms with Crippen molar-refractivity contribution < 1.29 is 23.4 Å². The van der Waals surface area contributed by atoms with Crippen LogP contribution in [0.1, 0.15) is 56.2 Å². The maximum Gasteiger partial charge on any atom is 0.228 e. The molecule has 5 unspecified atom stereocenters. The lowest BCUT2D eigenvalue weighted by Gasteiger charge is -2.48. The summed E-state index contributed by atoms with van der Waals surface area (Å²) in [7, 11) is 3.17. The molecule has 5 atom stereocenters. The molecule has 252 valence electrons. The van der Waals surface area contributed by atoms with Crippen LogP contribution in [0.4, 0.5) is 16.2 Å². The number of halogens is 1. The van der Waals surface area contributed by atoms with E-state index in [4.69, 9.17) is 29.9 Å². The van der Waals surface area contributed by atoms with Crippen LogP contribution in [0.5, 0.6) is 17.2 Å². The molecule has 1 aromatic heterocycles. The van der Waals surface area contributed by atoms with Crippen molar-refractivity contribution in [3.63, 3.8) is 0 Å². The summed E-state index contributed by atoms with van der Waals surface area (Å²) < 4.78 is 31.1. The molecular formula is C38H44FN5O4. The second-order valence-corrected chi connectivity index (χ2v) is 13.5. The van der Waals surface area contributed by atoms with Crippen LogP contribution >= 0.6 is 0 Å². The van der Waals surface area contributed by atoms with E-state index in [1.165, 1.54) is 31.4 Å². The first-order valence-electron chi connectivity index (χ1n) is 17.1. The highest BCUT2D eigenvalue weighted by atomic mass is 19.1. The summed E-state index contributed by atoms with van der Waals surface area (Å²) in [6.45, 7) is 3.83. The number of nitrogens with zero attached hydrogens (tertiary/aromatic N) is 4. The van der Waals surface area contributed by atoms with E-state index in [0.29, 0.717) is 72.6 Å². The Balaban J connectivity index is 1.17. The van der Waals surface area contributed by atoms with Gasteiger partial charge in [-0.15, -0.1) is 0 Å². The Morgan fingerprint density at radius 1 is 0.938 bits per heavy atom. The molecule has 4 aromatic rings. The Morgan fingerprint density at radius 2 is 1.71 bits per heavy atom. The highest BCUT2D eigenvalue weighted by molar-refractivity contribution is 5.92. The average Bonchev–Trinajstić information content (AvgIpc) is 3.10. The number of methoxy groups -OCH3 is 2. The molecule has 1 saturated heterocycles. The molecule has 10 heteroatoms. The zero-order valence-electron chi connectivity index (χ0n) is 27.9. The first-order chi connectivity index (χ1) is 23.3. The molecule has 3 fully saturated rings. The van der Waals surface area contributed by atoms with Crippen molar-refractivity contribution in [2.45, 2.75) is 57.6 Å². The van der Waals surface area contributed by atoms with Crippen LogP contribution in [0.15, 0.2) is 60.7 Å². The summed E-state index contributed by atoms with van der Waals surface area (Å²) in [5, 5.41) is 0.675. The SMILES string of the molecule is COc1cc2nc(N3CCN(C(=O)CCc4ccc(F)cc4)CC3c3cccc(OC4CCC4C4CCC4C)c3)nc(N)c2cc1OC. The molecule has 1 aliphatic heterocycles. The number of nitrogens with two attached hydrogens (primary N) is 1. The van der Waals surface area contributed by atoms with Gasteiger partial charge in [0.25, 0.3) is 0 Å². The summed E-state index contributed by atoms with van der Waals surface area (Å²) in [4.78, 5) is 27.3. The van der Waals surface area contributed by atoms with Crippen LogP contribution < -0.4 is 24.8 Å². The van der Waals surface area contributed by atoms with Crippen molar-refractivity contribution >= 4 is 28.6 Å². The number of aryl methyl sites for hydroxylation is 1. The van der Waals surface area contributed by atoms with Gasteiger partial charge in [0.15, 0.2) is 11.5 Å². The number of hydrogen-bond donors (Lipinski definition) is 1. The van der Waals surface area contributed by atoms with Gasteiger partial charge in [0.2, 0.25) is 11.9 Å². The van der Waals surface area contributed by atoms with Crippen molar-refractivity contribution in [1.29, 1.82) is 0 Å². The van der Waals surface area contributed by atoms with Crippen molar-refractivity contribution in [3.8, 4) is 17.2 Å². The Hall–Kier alpha value is -4.60. The number of ether oxygens (including phenoxy) is 3. The molecule has 1 amide bonds. The van der Waals surface area contributed by atoms with Gasteiger partial charge < -0.3 is 29.7 Å². The molecule has 3 aromatic carbocycles. The zero-order chi connectivity index (χ0) is 33.4. The molecular weight excluding hydrogens is 609 g/mol. The van der Waals surface area contributed by atoms with Gasteiger partial charge in [-0.2, -0.15) is 4.98 Å². The predicted octanol–water partition coefficient (Wildman–Crippen LogP) is 6.59. The van der Waals surface area contributed by atoms with Crippen molar-refractivity contribution in [2.24, 2.45) is 17.8 Å². The number of piperazine rings is 1. The van der Waals surface area contributed by atoms with E-state index in [-0.39, 0.29) is 23.9 Å². The van der Waals surface area contributed by atoms with Crippen molar-refractivity contribution in [3.05, 3.63) is 77.6 Å². The topological polar surface area (TPSA) is 103 Å². The van der Waals surface area contributed by atoms with Crippen LogP contribution in [0.2, 0.25) is 0 Å². The molecule has 9 nitrogen and oxygen atoms in total. The predicted molar refractivity (Wildman–Crippen MR) is 184 cm³/mol. The van der Waals surface area contributed by atoms with Crippen LogP contribution in [0.25, 0.3) is 10.9 Å². The average molecular weight is 654 g/mol. The summed E-state index contributed by atoms with van der Waals surface area (Å²) >= 11 is 0. The van der Waals surface area contributed by atoms with E-state index < -0.39 is 0 Å². The number of benzene rings is 3. The number of hydrogen-bond acceptors (Lipinski definition) is 8. The summed E-state index contributed by atoms with van der Waals surface area (Å²) in [6.07, 6.45) is 6.08. The summed E-state index contributed by atoms with van der Waals surface area (Å²) in [6, 6.07) is 18.0. The minimum atomic E-state index is -0.283. The van der Waals surface area contributed by atoms with E-state index in [1.54, 1.807) is 32.4 Å². The lowest BCUT2D eigenvalue weighted by Crippen LogP contribution is -2.51. The van der Waals surface area contributed by atoms with Gasteiger partial charge in [0.05, 0.1) is 25.8 Å². The Kier molecular flexibility index (Phi) is 8.98. The number of carbonyl (C=O) groups excluding carboxylic acids is 1. The molecule has 2 N–H and O–H groups in total. The summed E-state index contributed by atoms with van der Waals surface area (Å²) in [5.74, 6) is 4.73. The number of amides is 1. The zero-order valence-corrected chi connectivity index (χ0v) is 27.9. The van der Waals surface area contributed by atoms with Crippen LogP contribution in [0.3, 0.4) is 0 Å². The Labute approximate surface area is 281 Å². The molecule has 48 heavy (non-hydrogen) atoms. The lowest BCUT2D eigenvalue weighted by atomic mass is 9.60. The fraction of sp³-hybridized carbons (Fsp3) is 0.447. The third-order valence-electron chi connectivity index (χ3n) is 10.8. The second-order valence-electron chi connectivity index (χ2n) is 13.5. The minimum absolute atomic E-state index is 0.0547. The van der Waals surface area contributed by atoms with Gasteiger partial charge in [-0.3, -0.25) is 4.79 Å².